The topological polar surface area (TPSA) is 35.9 Å². The summed E-state index contributed by atoms with van der Waals surface area (Å²) in [7, 11) is 0. The second-order valence-corrected chi connectivity index (χ2v) is 6.47. The lowest BCUT2D eigenvalue weighted by atomic mass is 10.3. The number of likely N-dealkylation sites (N-methyl/N-ethyl adjacent to an activating group) is 1. The van der Waals surface area contributed by atoms with Gasteiger partial charge >= 0.3 is 0 Å². The van der Waals surface area contributed by atoms with Crippen LogP contribution in [0.25, 0.3) is 0 Å². The van der Waals surface area contributed by atoms with Gasteiger partial charge in [0.2, 0.25) is 0 Å². The van der Waals surface area contributed by atoms with E-state index < -0.39 is 6.10 Å². The summed E-state index contributed by atoms with van der Waals surface area (Å²) in [6.07, 6.45) is 0.615. The van der Waals surface area contributed by atoms with E-state index in [2.05, 4.69) is 16.7 Å². The van der Waals surface area contributed by atoms with E-state index in [1.165, 1.54) is 0 Å². The van der Waals surface area contributed by atoms with Crippen LogP contribution in [0.2, 0.25) is 10.0 Å². The van der Waals surface area contributed by atoms with Gasteiger partial charge in [0.15, 0.2) is 0 Å². The second kappa shape index (κ2) is 8.94. The van der Waals surface area contributed by atoms with E-state index in [0.29, 0.717) is 22.3 Å². The Hall–Kier alpha value is -0.520. The van der Waals surface area contributed by atoms with Gasteiger partial charge in [-0.15, -0.1) is 0 Å². The fraction of sp³-hybridized carbons (Fsp3) is 0.625. The number of aliphatic hydroxyl groups excluding tert-OH is 1. The van der Waals surface area contributed by atoms with Crippen molar-refractivity contribution in [3.05, 3.63) is 28.2 Å². The highest BCUT2D eigenvalue weighted by atomic mass is 35.5. The normalized spacial score (nSPS) is 18.9. The Kier molecular flexibility index (Phi) is 7.25. The van der Waals surface area contributed by atoms with Crippen LogP contribution in [0.1, 0.15) is 13.3 Å². The molecule has 1 aromatic carbocycles. The lowest BCUT2D eigenvalue weighted by Crippen LogP contribution is -2.38. The molecule has 0 radical (unpaired) electrons. The molecular formula is C16H24Cl2N2O2. The van der Waals surface area contributed by atoms with Crippen LogP contribution in [0.4, 0.5) is 0 Å². The number of rotatable bonds is 6. The molecule has 1 saturated heterocycles. The van der Waals surface area contributed by atoms with Gasteiger partial charge in [0, 0.05) is 24.7 Å². The van der Waals surface area contributed by atoms with Crippen molar-refractivity contribution in [2.24, 2.45) is 0 Å². The third-order valence-corrected chi connectivity index (χ3v) is 4.45. The van der Waals surface area contributed by atoms with E-state index in [9.17, 15) is 5.11 Å². The first-order chi connectivity index (χ1) is 10.6. The Bertz CT molecular complexity index is 473. The fourth-order valence-corrected chi connectivity index (χ4v) is 3.12. The molecule has 1 N–H and O–H groups in total. The van der Waals surface area contributed by atoms with Crippen molar-refractivity contribution < 1.29 is 9.84 Å². The summed E-state index contributed by atoms with van der Waals surface area (Å²) in [6.45, 7) is 8.36. The molecule has 0 saturated carbocycles. The molecule has 22 heavy (non-hydrogen) atoms. The van der Waals surface area contributed by atoms with Crippen molar-refractivity contribution in [1.82, 2.24) is 9.80 Å². The number of ether oxygens (including phenoxy) is 1. The quantitative estimate of drug-likeness (QED) is 0.859. The number of β-amino-alcohol motifs (C(OH)–C–C–N with tert-alkyl or cyclic N) is 1. The zero-order chi connectivity index (χ0) is 15.9. The number of benzene rings is 1. The van der Waals surface area contributed by atoms with Gasteiger partial charge in [-0.25, -0.2) is 0 Å². The molecule has 0 bridgehead atoms. The average Bonchev–Trinajstić information content (AvgIpc) is 2.71. The van der Waals surface area contributed by atoms with Gasteiger partial charge in [-0.2, -0.15) is 0 Å². The predicted molar refractivity (Wildman–Crippen MR) is 91.1 cm³/mol. The minimum atomic E-state index is -0.528. The zero-order valence-electron chi connectivity index (χ0n) is 13.0. The molecule has 1 aromatic rings. The molecule has 0 aliphatic carbocycles. The van der Waals surface area contributed by atoms with Crippen LogP contribution in [0.5, 0.6) is 5.75 Å². The minimum absolute atomic E-state index is 0.231. The van der Waals surface area contributed by atoms with Crippen molar-refractivity contribution in [2.45, 2.75) is 19.4 Å². The highest BCUT2D eigenvalue weighted by Gasteiger charge is 2.17. The zero-order valence-corrected chi connectivity index (χ0v) is 14.5. The first-order valence-electron chi connectivity index (χ1n) is 7.79. The second-order valence-electron chi connectivity index (χ2n) is 5.63. The predicted octanol–water partition coefficient (Wildman–Crippen LogP) is 2.76. The van der Waals surface area contributed by atoms with E-state index in [1.807, 2.05) is 0 Å². The van der Waals surface area contributed by atoms with Crippen molar-refractivity contribution in [2.75, 3.05) is 45.9 Å². The fourth-order valence-electron chi connectivity index (χ4n) is 2.65. The van der Waals surface area contributed by atoms with Crippen LogP contribution in [0.15, 0.2) is 18.2 Å². The Morgan fingerprint density at radius 1 is 1.18 bits per heavy atom. The Balaban J connectivity index is 1.76. The van der Waals surface area contributed by atoms with Gasteiger partial charge in [-0.05, 0) is 44.3 Å². The van der Waals surface area contributed by atoms with E-state index in [0.717, 1.165) is 39.1 Å². The van der Waals surface area contributed by atoms with Gasteiger partial charge in [0.1, 0.15) is 18.5 Å². The Morgan fingerprint density at radius 3 is 2.64 bits per heavy atom. The SMILES string of the molecule is CCN1CCCN(CC(O)COc2ccc(Cl)cc2Cl)CC1. The molecule has 2 rings (SSSR count). The van der Waals surface area contributed by atoms with Gasteiger partial charge in [0.05, 0.1) is 5.02 Å². The smallest absolute Gasteiger partial charge is 0.138 e. The monoisotopic (exact) mass is 346 g/mol. The molecule has 1 aliphatic heterocycles. The van der Waals surface area contributed by atoms with E-state index in [1.54, 1.807) is 18.2 Å². The first-order valence-corrected chi connectivity index (χ1v) is 8.54. The number of hydrogen-bond donors (Lipinski definition) is 1. The van der Waals surface area contributed by atoms with Gasteiger partial charge < -0.3 is 14.7 Å². The maximum Gasteiger partial charge on any atom is 0.138 e. The third-order valence-electron chi connectivity index (χ3n) is 3.92. The summed E-state index contributed by atoms with van der Waals surface area (Å²) in [4.78, 5) is 4.74. The molecular weight excluding hydrogens is 323 g/mol. The standard InChI is InChI=1S/C16H24Cl2N2O2/c1-2-19-6-3-7-20(9-8-19)11-14(21)12-22-16-5-4-13(17)10-15(16)18/h4-5,10,14,21H,2-3,6-9,11-12H2,1H3. The Labute approximate surface area is 142 Å². The minimum Gasteiger partial charge on any atom is -0.489 e. The summed E-state index contributed by atoms with van der Waals surface area (Å²) >= 11 is 11.9. The summed E-state index contributed by atoms with van der Waals surface area (Å²) in [5, 5.41) is 11.2. The number of aliphatic hydroxyl groups is 1. The maximum atomic E-state index is 10.2. The molecule has 1 atom stereocenters. The molecule has 1 unspecified atom stereocenters. The van der Waals surface area contributed by atoms with Crippen LogP contribution in [-0.2, 0) is 0 Å². The summed E-state index contributed by atoms with van der Waals surface area (Å²) < 4.78 is 5.59. The van der Waals surface area contributed by atoms with Crippen LogP contribution in [-0.4, -0.2) is 66.9 Å². The molecule has 124 valence electrons. The number of hydrogen-bond acceptors (Lipinski definition) is 4. The van der Waals surface area contributed by atoms with Crippen LogP contribution in [0, 0.1) is 0 Å². The van der Waals surface area contributed by atoms with Crippen molar-refractivity contribution >= 4 is 23.2 Å². The summed E-state index contributed by atoms with van der Waals surface area (Å²) in [5.74, 6) is 0.554. The largest absolute Gasteiger partial charge is 0.489 e. The Morgan fingerprint density at radius 2 is 1.91 bits per heavy atom. The van der Waals surface area contributed by atoms with Crippen LogP contribution < -0.4 is 4.74 Å². The highest BCUT2D eigenvalue weighted by molar-refractivity contribution is 6.35. The van der Waals surface area contributed by atoms with E-state index in [4.69, 9.17) is 27.9 Å². The number of nitrogens with zero attached hydrogens (tertiary/aromatic N) is 2. The molecule has 0 amide bonds. The average molecular weight is 347 g/mol. The van der Waals surface area contributed by atoms with Crippen LogP contribution in [0.3, 0.4) is 0 Å². The third kappa shape index (κ3) is 5.60. The number of halogens is 2. The molecule has 1 aliphatic rings. The summed E-state index contributed by atoms with van der Waals surface area (Å²) in [5.41, 5.74) is 0. The van der Waals surface area contributed by atoms with E-state index in [-0.39, 0.29) is 6.61 Å². The van der Waals surface area contributed by atoms with Crippen molar-refractivity contribution in [3.63, 3.8) is 0 Å². The summed E-state index contributed by atoms with van der Waals surface area (Å²) in [6, 6.07) is 5.09. The molecule has 6 heteroatoms. The van der Waals surface area contributed by atoms with Crippen molar-refractivity contribution in [1.29, 1.82) is 0 Å². The highest BCUT2D eigenvalue weighted by Crippen LogP contribution is 2.27. The molecule has 0 aromatic heterocycles. The maximum absolute atomic E-state index is 10.2. The van der Waals surface area contributed by atoms with Crippen LogP contribution >= 0.6 is 23.2 Å². The molecule has 4 nitrogen and oxygen atoms in total. The van der Waals surface area contributed by atoms with Gasteiger partial charge in [-0.1, -0.05) is 30.1 Å². The lowest BCUT2D eigenvalue weighted by Gasteiger charge is -2.23. The van der Waals surface area contributed by atoms with E-state index >= 15 is 0 Å². The molecule has 1 fully saturated rings. The molecule has 1 heterocycles. The van der Waals surface area contributed by atoms with Gasteiger partial charge in [-0.3, -0.25) is 4.90 Å². The van der Waals surface area contributed by atoms with Crippen molar-refractivity contribution in [3.8, 4) is 5.75 Å². The molecule has 0 spiro atoms. The van der Waals surface area contributed by atoms with Gasteiger partial charge in [0.25, 0.3) is 0 Å². The first kappa shape index (κ1) is 17.8. The lowest BCUT2D eigenvalue weighted by molar-refractivity contribution is 0.0694.